The van der Waals surface area contributed by atoms with Crippen LogP contribution >= 0.6 is 11.6 Å². The van der Waals surface area contributed by atoms with Gasteiger partial charge in [-0.1, -0.05) is 37.6 Å². The van der Waals surface area contributed by atoms with Gasteiger partial charge in [0.2, 0.25) is 10.0 Å². The lowest BCUT2D eigenvalue weighted by Gasteiger charge is -2.20. The van der Waals surface area contributed by atoms with Crippen molar-refractivity contribution in [2.45, 2.75) is 24.8 Å². The number of nitrogens with two attached hydrogens (primary N) is 1. The van der Waals surface area contributed by atoms with Gasteiger partial charge in [0.1, 0.15) is 4.90 Å². The lowest BCUT2D eigenvalue weighted by Crippen LogP contribution is -2.43. The topological polar surface area (TPSA) is 72.2 Å². The van der Waals surface area contributed by atoms with Crippen LogP contribution in [-0.2, 0) is 10.0 Å². The van der Waals surface area contributed by atoms with Crippen LogP contribution in [0.3, 0.4) is 0 Å². The van der Waals surface area contributed by atoms with Gasteiger partial charge < -0.3 is 5.73 Å². The Morgan fingerprint density at radius 2 is 1.94 bits per heavy atom. The van der Waals surface area contributed by atoms with E-state index in [1.807, 2.05) is 13.8 Å². The number of sulfonamides is 1. The first-order chi connectivity index (χ1) is 7.88. The molecule has 1 aromatic carbocycles. The monoisotopic (exact) mass is 276 g/mol. The second-order valence-electron chi connectivity index (χ2n) is 4.14. The first-order valence-electron chi connectivity index (χ1n) is 5.35. The molecule has 1 unspecified atom stereocenters. The summed E-state index contributed by atoms with van der Waals surface area (Å²) in [4.78, 5) is 0.0840. The Kier molecular flexibility index (Phi) is 4.94. The lowest BCUT2D eigenvalue weighted by atomic mass is 10.1. The highest BCUT2D eigenvalue weighted by Crippen LogP contribution is 2.20. The van der Waals surface area contributed by atoms with E-state index in [1.54, 1.807) is 18.2 Å². The maximum atomic E-state index is 12.1. The molecule has 0 aromatic heterocycles. The first kappa shape index (κ1) is 14.4. The van der Waals surface area contributed by atoms with Crippen LogP contribution in [0.5, 0.6) is 0 Å². The van der Waals surface area contributed by atoms with Crippen molar-refractivity contribution >= 4 is 21.6 Å². The van der Waals surface area contributed by atoms with E-state index in [2.05, 4.69) is 4.72 Å². The van der Waals surface area contributed by atoms with Crippen LogP contribution in [0.1, 0.15) is 13.8 Å². The van der Waals surface area contributed by atoms with E-state index in [0.29, 0.717) is 0 Å². The van der Waals surface area contributed by atoms with E-state index in [1.165, 1.54) is 6.07 Å². The van der Waals surface area contributed by atoms with Crippen LogP contribution in [0.15, 0.2) is 29.2 Å². The smallest absolute Gasteiger partial charge is 0.242 e. The van der Waals surface area contributed by atoms with Gasteiger partial charge in [-0.15, -0.1) is 0 Å². The van der Waals surface area contributed by atoms with Gasteiger partial charge in [0.25, 0.3) is 0 Å². The molecule has 0 aliphatic rings. The molecule has 1 rings (SSSR count). The standard InChI is InChI=1S/C11H17ClN2O2S/c1-8(2)10(7-13)14-17(15,16)11-6-4-3-5-9(11)12/h3-6,8,10,14H,7,13H2,1-2H3. The average molecular weight is 277 g/mol. The minimum absolute atomic E-state index is 0.0840. The molecule has 1 aromatic rings. The Morgan fingerprint density at radius 1 is 1.35 bits per heavy atom. The molecule has 0 fully saturated rings. The summed E-state index contributed by atoms with van der Waals surface area (Å²) in [7, 11) is -3.61. The third-order valence-corrected chi connectivity index (χ3v) is 4.48. The number of benzene rings is 1. The van der Waals surface area contributed by atoms with Crippen LogP contribution in [0.4, 0.5) is 0 Å². The fourth-order valence-corrected chi connectivity index (χ4v) is 3.30. The lowest BCUT2D eigenvalue weighted by molar-refractivity contribution is 0.455. The molecule has 0 bridgehead atoms. The summed E-state index contributed by atoms with van der Waals surface area (Å²) in [5.41, 5.74) is 5.54. The van der Waals surface area contributed by atoms with E-state index in [0.717, 1.165) is 0 Å². The highest BCUT2D eigenvalue weighted by Gasteiger charge is 2.23. The molecule has 0 saturated heterocycles. The van der Waals surface area contributed by atoms with E-state index in [9.17, 15) is 8.42 Å². The van der Waals surface area contributed by atoms with Gasteiger partial charge in [0.15, 0.2) is 0 Å². The minimum atomic E-state index is -3.61. The van der Waals surface area contributed by atoms with Crippen LogP contribution < -0.4 is 10.5 Å². The van der Waals surface area contributed by atoms with Crippen LogP contribution in [0, 0.1) is 5.92 Å². The van der Waals surface area contributed by atoms with Gasteiger partial charge in [-0.25, -0.2) is 13.1 Å². The van der Waals surface area contributed by atoms with Crippen molar-refractivity contribution in [3.63, 3.8) is 0 Å². The SMILES string of the molecule is CC(C)C(CN)NS(=O)(=O)c1ccccc1Cl. The molecule has 0 heterocycles. The molecular weight excluding hydrogens is 260 g/mol. The van der Waals surface area contributed by atoms with Crippen LogP contribution in [-0.4, -0.2) is 21.0 Å². The Balaban J connectivity index is 3.01. The molecule has 17 heavy (non-hydrogen) atoms. The first-order valence-corrected chi connectivity index (χ1v) is 7.21. The normalized spacial score (nSPS) is 13.9. The fraction of sp³-hybridized carbons (Fsp3) is 0.455. The number of hydrogen-bond acceptors (Lipinski definition) is 3. The van der Waals surface area contributed by atoms with Crippen molar-refractivity contribution in [1.82, 2.24) is 4.72 Å². The molecule has 1 atom stereocenters. The molecule has 4 nitrogen and oxygen atoms in total. The second kappa shape index (κ2) is 5.82. The van der Waals surface area contributed by atoms with Crippen molar-refractivity contribution in [3.05, 3.63) is 29.3 Å². The van der Waals surface area contributed by atoms with Gasteiger partial charge in [-0.2, -0.15) is 0 Å². The third kappa shape index (κ3) is 3.67. The second-order valence-corrected chi connectivity index (χ2v) is 6.23. The summed E-state index contributed by atoms with van der Waals surface area (Å²) in [5.74, 6) is 0.122. The molecule has 0 aliphatic heterocycles. The van der Waals surface area contributed by atoms with Gasteiger partial charge in [0.05, 0.1) is 5.02 Å². The molecule has 6 heteroatoms. The quantitative estimate of drug-likeness (QED) is 0.858. The Labute approximate surface area is 107 Å². The Bertz CT molecular complexity index is 474. The molecular formula is C11H17ClN2O2S. The average Bonchev–Trinajstić information content (AvgIpc) is 2.26. The third-order valence-electron chi connectivity index (χ3n) is 2.49. The molecule has 96 valence electrons. The van der Waals surface area contributed by atoms with E-state index < -0.39 is 10.0 Å². The zero-order chi connectivity index (χ0) is 13.1. The highest BCUT2D eigenvalue weighted by molar-refractivity contribution is 7.89. The van der Waals surface area contributed by atoms with Crippen molar-refractivity contribution in [3.8, 4) is 0 Å². The number of halogens is 1. The van der Waals surface area contributed by atoms with Crippen LogP contribution in [0.25, 0.3) is 0 Å². The van der Waals surface area contributed by atoms with Crippen LogP contribution in [0.2, 0.25) is 5.02 Å². The van der Waals surface area contributed by atoms with Gasteiger partial charge in [0, 0.05) is 12.6 Å². The summed E-state index contributed by atoms with van der Waals surface area (Å²) < 4.78 is 26.7. The summed E-state index contributed by atoms with van der Waals surface area (Å²) in [6.45, 7) is 4.07. The van der Waals surface area contributed by atoms with E-state index >= 15 is 0 Å². The van der Waals surface area contributed by atoms with E-state index in [4.69, 9.17) is 17.3 Å². The number of nitrogens with one attached hydrogen (secondary N) is 1. The van der Waals surface area contributed by atoms with Gasteiger partial charge in [-0.05, 0) is 18.1 Å². The van der Waals surface area contributed by atoms with Crippen molar-refractivity contribution in [2.75, 3.05) is 6.54 Å². The van der Waals surface area contributed by atoms with Crippen molar-refractivity contribution in [1.29, 1.82) is 0 Å². The fourth-order valence-electron chi connectivity index (χ4n) is 1.38. The van der Waals surface area contributed by atoms with Gasteiger partial charge in [-0.3, -0.25) is 0 Å². The van der Waals surface area contributed by atoms with Gasteiger partial charge >= 0.3 is 0 Å². The number of hydrogen-bond donors (Lipinski definition) is 2. The van der Waals surface area contributed by atoms with Crippen molar-refractivity contribution in [2.24, 2.45) is 11.7 Å². The summed E-state index contributed by atoms with van der Waals surface area (Å²) in [6.07, 6.45) is 0. The molecule has 0 spiro atoms. The zero-order valence-electron chi connectivity index (χ0n) is 9.85. The van der Waals surface area contributed by atoms with E-state index in [-0.39, 0.29) is 28.4 Å². The largest absolute Gasteiger partial charge is 0.329 e. The predicted molar refractivity (Wildman–Crippen MR) is 69.5 cm³/mol. The molecule has 0 aliphatic carbocycles. The number of rotatable bonds is 5. The predicted octanol–water partition coefficient (Wildman–Crippen LogP) is 1.60. The summed E-state index contributed by atoms with van der Waals surface area (Å²) in [6, 6.07) is 6.04. The molecule has 0 amide bonds. The zero-order valence-corrected chi connectivity index (χ0v) is 11.4. The maximum absolute atomic E-state index is 12.1. The summed E-state index contributed by atoms with van der Waals surface area (Å²) >= 11 is 5.86. The molecule has 0 saturated carbocycles. The Morgan fingerprint density at radius 3 is 2.41 bits per heavy atom. The molecule has 3 N–H and O–H groups in total. The summed E-state index contributed by atoms with van der Waals surface area (Å²) in [5, 5.41) is 0.208. The highest BCUT2D eigenvalue weighted by atomic mass is 35.5. The molecule has 0 radical (unpaired) electrons. The maximum Gasteiger partial charge on any atom is 0.242 e. The minimum Gasteiger partial charge on any atom is -0.329 e. The Hall–Kier alpha value is -0.620. The van der Waals surface area contributed by atoms with Crippen molar-refractivity contribution < 1.29 is 8.42 Å².